The zero-order valence-electron chi connectivity index (χ0n) is 7.33. The molecule has 2 N–H and O–H groups in total. The Labute approximate surface area is 75.5 Å². The summed E-state index contributed by atoms with van der Waals surface area (Å²) in [5.74, 6) is 0.679. The van der Waals surface area contributed by atoms with Gasteiger partial charge in [0, 0.05) is 5.56 Å². The fraction of sp³-hybridized carbons (Fsp3) is 0.500. The second-order valence-electron chi connectivity index (χ2n) is 3.15. The third-order valence-corrected chi connectivity index (χ3v) is 2.09. The van der Waals surface area contributed by atoms with E-state index in [0.29, 0.717) is 19.0 Å². The highest BCUT2D eigenvalue weighted by molar-refractivity contribution is 5.92. The van der Waals surface area contributed by atoms with Crippen molar-refractivity contribution in [2.45, 2.75) is 6.92 Å². The van der Waals surface area contributed by atoms with Gasteiger partial charge in [-0.1, -0.05) is 0 Å². The normalized spacial score (nSPS) is 16.7. The van der Waals surface area contributed by atoms with Gasteiger partial charge in [-0.25, -0.2) is 0 Å². The van der Waals surface area contributed by atoms with Crippen LogP contribution in [0.4, 0.5) is 5.82 Å². The molecule has 5 nitrogen and oxygen atoms in total. The molecule has 1 amide bonds. The molecule has 5 heteroatoms. The van der Waals surface area contributed by atoms with Crippen molar-refractivity contribution >= 4 is 11.7 Å². The summed E-state index contributed by atoms with van der Waals surface area (Å²) in [4.78, 5) is 11.4. The first-order valence-electron chi connectivity index (χ1n) is 4.16. The highest BCUT2D eigenvalue weighted by Crippen LogP contribution is 2.14. The van der Waals surface area contributed by atoms with Gasteiger partial charge in [0.1, 0.15) is 5.82 Å². The zero-order chi connectivity index (χ0) is 9.26. The van der Waals surface area contributed by atoms with E-state index in [-0.39, 0.29) is 11.8 Å². The van der Waals surface area contributed by atoms with Gasteiger partial charge < -0.3 is 10.1 Å². The highest BCUT2D eigenvalue weighted by atomic mass is 16.5. The summed E-state index contributed by atoms with van der Waals surface area (Å²) in [6.45, 7) is 2.94. The predicted octanol–water partition coefficient (Wildman–Crippen LogP) is 0.303. The highest BCUT2D eigenvalue weighted by Gasteiger charge is 2.26. The van der Waals surface area contributed by atoms with Crippen molar-refractivity contribution in [3.8, 4) is 0 Å². The Morgan fingerprint density at radius 1 is 1.77 bits per heavy atom. The van der Waals surface area contributed by atoms with Crippen molar-refractivity contribution < 1.29 is 9.53 Å². The number of nitrogens with one attached hydrogen (secondary N) is 2. The van der Waals surface area contributed by atoms with Crippen LogP contribution >= 0.6 is 0 Å². The molecule has 1 fully saturated rings. The summed E-state index contributed by atoms with van der Waals surface area (Å²) >= 11 is 0. The van der Waals surface area contributed by atoms with Gasteiger partial charge in [0.25, 0.3) is 0 Å². The number of hydrogen-bond acceptors (Lipinski definition) is 3. The molecule has 13 heavy (non-hydrogen) atoms. The Kier molecular flexibility index (Phi) is 2.02. The molecule has 0 bridgehead atoms. The maximum Gasteiger partial charge on any atom is 0.233 e. The fourth-order valence-corrected chi connectivity index (χ4v) is 1.09. The predicted molar refractivity (Wildman–Crippen MR) is 46.3 cm³/mol. The van der Waals surface area contributed by atoms with Crippen molar-refractivity contribution in [1.82, 2.24) is 10.2 Å². The lowest BCUT2D eigenvalue weighted by Gasteiger charge is -2.24. The lowest BCUT2D eigenvalue weighted by atomic mass is 10.1. The number of carbonyl (C=O) groups excluding carboxylic acids is 1. The molecule has 70 valence electrons. The summed E-state index contributed by atoms with van der Waals surface area (Å²) in [5.41, 5.74) is 0.939. The van der Waals surface area contributed by atoms with E-state index in [4.69, 9.17) is 4.74 Å². The molecule has 0 aromatic carbocycles. The van der Waals surface area contributed by atoms with Crippen LogP contribution in [-0.2, 0) is 9.53 Å². The van der Waals surface area contributed by atoms with E-state index < -0.39 is 0 Å². The first-order chi connectivity index (χ1) is 6.27. The standard InChI is InChI=1S/C8H11N3O2/c1-5-2-9-11-7(5)10-8(12)6-3-13-4-6/h2,6H,3-4H2,1H3,(H2,9,10,11,12). The monoisotopic (exact) mass is 181 g/mol. The number of hydrogen-bond donors (Lipinski definition) is 2. The average Bonchev–Trinajstić information content (AvgIpc) is 2.32. The van der Waals surface area contributed by atoms with Crippen LogP contribution in [0, 0.1) is 12.8 Å². The van der Waals surface area contributed by atoms with Crippen molar-refractivity contribution in [3.63, 3.8) is 0 Å². The number of carbonyl (C=O) groups is 1. The fourth-order valence-electron chi connectivity index (χ4n) is 1.09. The molecule has 0 aliphatic carbocycles. The number of aromatic amines is 1. The quantitative estimate of drug-likeness (QED) is 0.689. The number of anilines is 1. The van der Waals surface area contributed by atoms with E-state index in [9.17, 15) is 4.79 Å². The number of H-pyrrole nitrogens is 1. The Morgan fingerprint density at radius 3 is 3.00 bits per heavy atom. The van der Waals surface area contributed by atoms with Gasteiger partial charge in [0.05, 0.1) is 25.3 Å². The second-order valence-corrected chi connectivity index (χ2v) is 3.15. The molecule has 1 aromatic rings. The minimum atomic E-state index is -0.00130. The molecule has 2 rings (SSSR count). The van der Waals surface area contributed by atoms with Crippen LogP contribution in [0.25, 0.3) is 0 Å². The summed E-state index contributed by atoms with van der Waals surface area (Å²) in [6, 6.07) is 0. The van der Waals surface area contributed by atoms with Crippen molar-refractivity contribution in [2.24, 2.45) is 5.92 Å². The lowest BCUT2D eigenvalue weighted by Crippen LogP contribution is -2.38. The van der Waals surface area contributed by atoms with Gasteiger partial charge in [-0.15, -0.1) is 0 Å². The Bertz CT molecular complexity index is 317. The van der Waals surface area contributed by atoms with Crippen LogP contribution in [0.5, 0.6) is 0 Å². The Morgan fingerprint density at radius 2 is 2.54 bits per heavy atom. The Balaban J connectivity index is 1.97. The Hall–Kier alpha value is -1.36. The van der Waals surface area contributed by atoms with Gasteiger partial charge in [-0.3, -0.25) is 9.89 Å². The number of rotatable bonds is 2. The van der Waals surface area contributed by atoms with E-state index in [1.165, 1.54) is 0 Å². The van der Waals surface area contributed by atoms with Crippen molar-refractivity contribution in [3.05, 3.63) is 11.8 Å². The molecule has 2 heterocycles. The van der Waals surface area contributed by atoms with Crippen LogP contribution in [0.3, 0.4) is 0 Å². The van der Waals surface area contributed by atoms with Gasteiger partial charge >= 0.3 is 0 Å². The topological polar surface area (TPSA) is 67.0 Å². The summed E-state index contributed by atoms with van der Waals surface area (Å²) in [5, 5.41) is 9.28. The van der Waals surface area contributed by atoms with Gasteiger partial charge in [-0.05, 0) is 6.92 Å². The third kappa shape index (κ3) is 1.55. The molecular formula is C8H11N3O2. The number of aromatic nitrogens is 2. The van der Waals surface area contributed by atoms with E-state index in [1.54, 1.807) is 6.20 Å². The van der Waals surface area contributed by atoms with E-state index >= 15 is 0 Å². The molecule has 0 unspecified atom stereocenters. The largest absolute Gasteiger partial charge is 0.380 e. The lowest BCUT2D eigenvalue weighted by molar-refractivity contribution is -0.133. The molecule has 1 saturated heterocycles. The van der Waals surface area contributed by atoms with E-state index in [0.717, 1.165) is 5.56 Å². The molecule has 1 aliphatic rings. The molecule has 0 saturated carbocycles. The smallest absolute Gasteiger partial charge is 0.233 e. The molecule has 1 aliphatic heterocycles. The zero-order valence-corrected chi connectivity index (χ0v) is 7.33. The molecule has 0 atom stereocenters. The van der Waals surface area contributed by atoms with Crippen LogP contribution < -0.4 is 5.32 Å². The van der Waals surface area contributed by atoms with E-state index in [2.05, 4.69) is 15.5 Å². The molecular weight excluding hydrogens is 170 g/mol. The maximum atomic E-state index is 11.4. The van der Waals surface area contributed by atoms with E-state index in [1.807, 2.05) is 6.92 Å². The second kappa shape index (κ2) is 3.18. The average molecular weight is 181 g/mol. The van der Waals surface area contributed by atoms with Crippen LogP contribution in [0.1, 0.15) is 5.56 Å². The third-order valence-electron chi connectivity index (χ3n) is 2.09. The molecule has 0 radical (unpaired) electrons. The summed E-state index contributed by atoms with van der Waals surface area (Å²) in [6.07, 6.45) is 1.67. The molecule has 1 aromatic heterocycles. The maximum absolute atomic E-state index is 11.4. The van der Waals surface area contributed by atoms with Crippen LogP contribution in [0.2, 0.25) is 0 Å². The van der Waals surface area contributed by atoms with Gasteiger partial charge in [0.2, 0.25) is 5.91 Å². The number of aryl methyl sites for hydroxylation is 1. The van der Waals surface area contributed by atoms with Crippen LogP contribution in [0.15, 0.2) is 6.20 Å². The number of nitrogens with zero attached hydrogens (tertiary/aromatic N) is 1. The SMILES string of the molecule is Cc1cn[nH]c1NC(=O)C1COC1. The first-order valence-corrected chi connectivity index (χ1v) is 4.16. The summed E-state index contributed by atoms with van der Waals surface area (Å²) in [7, 11) is 0. The van der Waals surface area contributed by atoms with Gasteiger partial charge in [0.15, 0.2) is 0 Å². The number of ether oxygens (including phenoxy) is 1. The minimum Gasteiger partial charge on any atom is -0.380 e. The van der Waals surface area contributed by atoms with Crippen molar-refractivity contribution in [2.75, 3.05) is 18.5 Å². The molecule has 0 spiro atoms. The number of amides is 1. The minimum absolute atomic E-state index is 0.00130. The first kappa shape index (κ1) is 8.25. The van der Waals surface area contributed by atoms with Crippen LogP contribution in [-0.4, -0.2) is 29.3 Å². The van der Waals surface area contributed by atoms with Gasteiger partial charge in [-0.2, -0.15) is 5.10 Å². The summed E-state index contributed by atoms with van der Waals surface area (Å²) < 4.78 is 4.92. The van der Waals surface area contributed by atoms with Crippen molar-refractivity contribution in [1.29, 1.82) is 0 Å².